The van der Waals surface area contributed by atoms with Crippen molar-refractivity contribution in [2.75, 3.05) is 19.6 Å². The van der Waals surface area contributed by atoms with Crippen molar-refractivity contribution in [1.29, 1.82) is 0 Å². The number of nitrogens with zero attached hydrogens (tertiary/aromatic N) is 1. The molecule has 1 fully saturated rings. The molecule has 4 heteroatoms. The van der Waals surface area contributed by atoms with Crippen LogP contribution in [0.1, 0.15) is 38.8 Å². The van der Waals surface area contributed by atoms with Crippen LogP contribution < -0.4 is 5.73 Å². The van der Waals surface area contributed by atoms with Gasteiger partial charge in [0.15, 0.2) is 0 Å². The number of hydrogen-bond acceptors (Lipinski definition) is 3. The lowest BCUT2D eigenvalue weighted by Gasteiger charge is -2.42. The van der Waals surface area contributed by atoms with E-state index in [2.05, 4.69) is 25.7 Å². The summed E-state index contributed by atoms with van der Waals surface area (Å²) in [6.45, 7) is 9.35. The molecule has 0 radical (unpaired) electrons. The van der Waals surface area contributed by atoms with E-state index in [-0.39, 0.29) is 17.7 Å². The molecule has 0 aromatic heterocycles. The van der Waals surface area contributed by atoms with E-state index >= 15 is 0 Å². The van der Waals surface area contributed by atoms with E-state index in [1.165, 1.54) is 0 Å². The second kappa shape index (κ2) is 6.44. The molecule has 112 valence electrons. The Balaban J connectivity index is 1.88. The van der Waals surface area contributed by atoms with Crippen LogP contribution in [-0.2, 0) is 4.74 Å². The van der Waals surface area contributed by atoms with Crippen LogP contribution in [0.15, 0.2) is 24.3 Å². The Hall–Kier alpha value is -0.610. The summed E-state index contributed by atoms with van der Waals surface area (Å²) in [5.74, 6) is 0. The summed E-state index contributed by atoms with van der Waals surface area (Å²) in [7, 11) is 0. The molecule has 0 spiro atoms. The average Bonchev–Trinajstić information content (AvgIpc) is 2.33. The summed E-state index contributed by atoms with van der Waals surface area (Å²) < 4.78 is 5.92. The van der Waals surface area contributed by atoms with Crippen LogP contribution in [0.2, 0.25) is 5.02 Å². The molecule has 1 aromatic carbocycles. The highest BCUT2D eigenvalue weighted by molar-refractivity contribution is 6.30. The van der Waals surface area contributed by atoms with Crippen LogP contribution in [0, 0.1) is 0 Å². The topological polar surface area (TPSA) is 38.5 Å². The Morgan fingerprint density at radius 1 is 1.50 bits per heavy atom. The van der Waals surface area contributed by atoms with Gasteiger partial charge in [0.25, 0.3) is 0 Å². The molecule has 0 saturated carbocycles. The quantitative estimate of drug-likeness (QED) is 0.927. The van der Waals surface area contributed by atoms with E-state index in [4.69, 9.17) is 22.1 Å². The third kappa shape index (κ3) is 4.45. The van der Waals surface area contributed by atoms with Gasteiger partial charge in [-0.2, -0.15) is 0 Å². The van der Waals surface area contributed by atoms with E-state index in [0.29, 0.717) is 0 Å². The maximum atomic E-state index is 6.27. The summed E-state index contributed by atoms with van der Waals surface area (Å²) in [4.78, 5) is 2.44. The zero-order valence-electron chi connectivity index (χ0n) is 12.6. The molecular formula is C16H25ClN2O. The Labute approximate surface area is 127 Å². The predicted octanol–water partition coefficient (Wildman–Crippen LogP) is 3.23. The zero-order chi connectivity index (χ0) is 14.8. The van der Waals surface area contributed by atoms with Crippen molar-refractivity contribution in [3.63, 3.8) is 0 Å². The molecule has 0 aliphatic carbocycles. The minimum Gasteiger partial charge on any atom is -0.370 e. The molecule has 0 bridgehead atoms. The number of hydrogen-bond donors (Lipinski definition) is 1. The Bertz CT molecular complexity index is 450. The van der Waals surface area contributed by atoms with Crippen LogP contribution in [-0.4, -0.2) is 36.2 Å². The highest BCUT2D eigenvalue weighted by Gasteiger charge is 2.31. The molecule has 1 aliphatic rings. The minimum absolute atomic E-state index is 0.0370. The average molecular weight is 297 g/mol. The summed E-state index contributed by atoms with van der Waals surface area (Å²) in [5, 5.41) is 0.749. The zero-order valence-corrected chi connectivity index (χ0v) is 13.4. The molecule has 2 N–H and O–H groups in total. The van der Waals surface area contributed by atoms with Crippen LogP contribution in [0.5, 0.6) is 0 Å². The fraction of sp³-hybridized carbons (Fsp3) is 0.625. The number of benzene rings is 1. The van der Waals surface area contributed by atoms with Crippen molar-refractivity contribution in [1.82, 2.24) is 4.90 Å². The van der Waals surface area contributed by atoms with E-state index in [1.54, 1.807) is 0 Å². The second-order valence-electron chi connectivity index (χ2n) is 6.37. The first-order valence-electron chi connectivity index (χ1n) is 7.27. The van der Waals surface area contributed by atoms with Crippen molar-refractivity contribution in [2.24, 2.45) is 5.73 Å². The lowest BCUT2D eigenvalue weighted by molar-refractivity contribution is -0.128. The molecule has 0 amide bonds. The second-order valence-corrected chi connectivity index (χ2v) is 6.81. The monoisotopic (exact) mass is 296 g/mol. The van der Waals surface area contributed by atoms with Gasteiger partial charge in [0.2, 0.25) is 0 Å². The van der Waals surface area contributed by atoms with Crippen LogP contribution >= 0.6 is 11.6 Å². The fourth-order valence-corrected chi connectivity index (χ4v) is 3.18. The van der Waals surface area contributed by atoms with Gasteiger partial charge in [-0.1, -0.05) is 23.7 Å². The van der Waals surface area contributed by atoms with Crippen LogP contribution in [0.4, 0.5) is 0 Å². The third-order valence-corrected chi connectivity index (χ3v) is 3.91. The highest BCUT2D eigenvalue weighted by atomic mass is 35.5. The van der Waals surface area contributed by atoms with Gasteiger partial charge in [-0.15, -0.1) is 0 Å². The maximum Gasteiger partial charge on any atom is 0.0757 e. The number of rotatable bonds is 4. The van der Waals surface area contributed by atoms with Crippen LogP contribution in [0.25, 0.3) is 0 Å². The summed E-state index contributed by atoms with van der Waals surface area (Å²) >= 11 is 6.01. The lowest BCUT2D eigenvalue weighted by Crippen LogP contribution is -2.52. The summed E-state index contributed by atoms with van der Waals surface area (Å²) in [6, 6.07) is 7.87. The molecule has 2 rings (SSSR count). The van der Waals surface area contributed by atoms with E-state index in [1.807, 2.05) is 24.3 Å². The van der Waals surface area contributed by atoms with Gasteiger partial charge < -0.3 is 10.5 Å². The van der Waals surface area contributed by atoms with Crippen molar-refractivity contribution in [3.8, 4) is 0 Å². The fourth-order valence-electron chi connectivity index (χ4n) is 2.98. The van der Waals surface area contributed by atoms with Gasteiger partial charge in [0.05, 0.1) is 11.7 Å². The smallest absolute Gasteiger partial charge is 0.0757 e. The van der Waals surface area contributed by atoms with Gasteiger partial charge in [0, 0.05) is 30.7 Å². The standard InChI is InChI=1S/C16H25ClN2O/c1-12-10-19(11-16(2,3)20-12)8-7-15(18)13-5-4-6-14(17)9-13/h4-6,9,12,15H,7-8,10-11,18H2,1-3H3. The van der Waals surface area contributed by atoms with Crippen molar-refractivity contribution < 1.29 is 4.74 Å². The number of morpholine rings is 1. The molecule has 1 saturated heterocycles. The van der Waals surface area contributed by atoms with Crippen molar-refractivity contribution in [2.45, 2.75) is 44.9 Å². The summed E-state index contributed by atoms with van der Waals surface area (Å²) in [5.41, 5.74) is 7.30. The number of nitrogens with two attached hydrogens (primary N) is 1. The first-order valence-corrected chi connectivity index (χ1v) is 7.65. The Morgan fingerprint density at radius 2 is 2.25 bits per heavy atom. The Morgan fingerprint density at radius 3 is 2.90 bits per heavy atom. The van der Waals surface area contributed by atoms with Gasteiger partial charge in [-0.3, -0.25) is 4.90 Å². The molecule has 1 aliphatic heterocycles. The molecular weight excluding hydrogens is 272 g/mol. The predicted molar refractivity (Wildman–Crippen MR) is 84.1 cm³/mol. The van der Waals surface area contributed by atoms with E-state index < -0.39 is 0 Å². The normalized spacial score (nSPS) is 24.6. The molecule has 3 nitrogen and oxygen atoms in total. The minimum atomic E-state index is -0.0716. The SMILES string of the molecule is CC1CN(CCC(N)c2cccc(Cl)c2)CC(C)(C)O1. The van der Waals surface area contributed by atoms with Gasteiger partial charge in [-0.05, 0) is 44.9 Å². The van der Waals surface area contributed by atoms with Gasteiger partial charge >= 0.3 is 0 Å². The van der Waals surface area contributed by atoms with Gasteiger partial charge in [0.1, 0.15) is 0 Å². The first-order chi connectivity index (χ1) is 9.35. The molecule has 2 atom stereocenters. The summed E-state index contributed by atoms with van der Waals surface area (Å²) in [6.07, 6.45) is 1.21. The van der Waals surface area contributed by atoms with Crippen LogP contribution in [0.3, 0.4) is 0 Å². The largest absolute Gasteiger partial charge is 0.370 e. The van der Waals surface area contributed by atoms with Crippen molar-refractivity contribution in [3.05, 3.63) is 34.9 Å². The lowest BCUT2D eigenvalue weighted by atomic mass is 10.0. The highest BCUT2D eigenvalue weighted by Crippen LogP contribution is 2.23. The molecule has 1 aromatic rings. The van der Waals surface area contributed by atoms with Gasteiger partial charge in [-0.25, -0.2) is 0 Å². The number of ether oxygens (including phenoxy) is 1. The molecule has 2 unspecified atom stereocenters. The molecule has 1 heterocycles. The maximum absolute atomic E-state index is 6.27. The van der Waals surface area contributed by atoms with E-state index in [9.17, 15) is 0 Å². The van der Waals surface area contributed by atoms with Crippen molar-refractivity contribution >= 4 is 11.6 Å². The van der Waals surface area contributed by atoms with E-state index in [0.717, 1.165) is 36.6 Å². The first kappa shape index (κ1) is 15.8. The number of halogens is 1. The Kier molecular flexibility index (Phi) is 5.08. The molecule has 20 heavy (non-hydrogen) atoms. The third-order valence-electron chi connectivity index (χ3n) is 3.67.